The Balaban J connectivity index is 1.89. The molecule has 132 valence electrons. The summed E-state index contributed by atoms with van der Waals surface area (Å²) in [4.78, 5) is 25.4. The third kappa shape index (κ3) is 3.90. The number of esters is 1. The van der Waals surface area contributed by atoms with Gasteiger partial charge in [-0.15, -0.1) is 0 Å². The molecule has 9 heteroatoms. The van der Waals surface area contributed by atoms with Crippen LogP contribution in [0.1, 0.15) is 17.3 Å². The smallest absolute Gasteiger partial charge is 0.343 e. The van der Waals surface area contributed by atoms with E-state index in [9.17, 15) is 9.35 Å². The van der Waals surface area contributed by atoms with Crippen LogP contribution in [0.15, 0.2) is 6.20 Å². The van der Waals surface area contributed by atoms with Crippen molar-refractivity contribution in [3.8, 4) is 0 Å². The average molecular weight is 353 g/mol. The van der Waals surface area contributed by atoms with Crippen molar-refractivity contribution in [3.63, 3.8) is 0 Å². The van der Waals surface area contributed by atoms with E-state index in [0.717, 1.165) is 26.2 Å². The molecule has 1 N–H and O–H groups in total. The molecule has 1 aromatic heterocycles. The van der Waals surface area contributed by atoms with Crippen LogP contribution in [0.4, 0.5) is 11.8 Å². The Hall–Kier alpha value is -1.58. The summed E-state index contributed by atoms with van der Waals surface area (Å²) in [6, 6.07) is 0. The maximum atomic E-state index is 12.2. The molecule has 8 nitrogen and oxygen atoms in total. The highest BCUT2D eigenvalue weighted by atomic mass is 32.2. The van der Waals surface area contributed by atoms with Crippen molar-refractivity contribution < 1.29 is 14.1 Å². The van der Waals surface area contributed by atoms with E-state index < -0.39 is 17.1 Å². The molecule has 0 atom stereocenters. The van der Waals surface area contributed by atoms with Gasteiger partial charge in [0.25, 0.3) is 0 Å². The van der Waals surface area contributed by atoms with Crippen LogP contribution in [-0.4, -0.2) is 77.9 Å². The lowest BCUT2D eigenvalue weighted by Gasteiger charge is -2.32. The lowest BCUT2D eigenvalue weighted by atomic mass is 10.2. The van der Waals surface area contributed by atoms with Crippen molar-refractivity contribution >= 4 is 28.9 Å². The van der Waals surface area contributed by atoms with Gasteiger partial charge in [0.15, 0.2) is 0 Å². The highest BCUT2D eigenvalue weighted by Crippen LogP contribution is 2.23. The van der Waals surface area contributed by atoms with Gasteiger partial charge >= 0.3 is 5.97 Å². The molecular weight excluding hydrogens is 330 g/mol. The molecule has 2 aliphatic heterocycles. The molecule has 0 unspecified atom stereocenters. The Morgan fingerprint density at radius 2 is 2.00 bits per heavy atom. The molecule has 3 rings (SSSR count). The first kappa shape index (κ1) is 17.2. The molecule has 0 amide bonds. The Kier molecular flexibility index (Phi) is 5.75. The van der Waals surface area contributed by atoms with E-state index in [2.05, 4.69) is 20.2 Å². The topological polar surface area (TPSA) is 93.6 Å². The molecular formula is C15H23N5O3S. The SMILES string of the molecule is CCOC(=O)c1cnc(N2CCNCC2)nc1N1CC[S+]([O-])CC1. The second-order valence-corrected chi connectivity index (χ2v) is 7.40. The normalized spacial score (nSPS) is 19.4. The minimum absolute atomic E-state index is 0.307. The number of nitrogens with one attached hydrogen (secondary N) is 1. The van der Waals surface area contributed by atoms with Crippen molar-refractivity contribution in [3.05, 3.63) is 11.8 Å². The fraction of sp³-hybridized carbons (Fsp3) is 0.667. The van der Waals surface area contributed by atoms with E-state index >= 15 is 0 Å². The molecule has 2 aliphatic rings. The summed E-state index contributed by atoms with van der Waals surface area (Å²) in [5.74, 6) is 2.00. The summed E-state index contributed by atoms with van der Waals surface area (Å²) in [6.07, 6.45) is 1.56. The third-order valence-electron chi connectivity index (χ3n) is 4.13. The lowest BCUT2D eigenvalue weighted by molar-refractivity contribution is 0.0526. The van der Waals surface area contributed by atoms with Crippen molar-refractivity contribution in [2.75, 3.05) is 67.2 Å². The van der Waals surface area contributed by atoms with Gasteiger partial charge in [-0.3, -0.25) is 0 Å². The van der Waals surface area contributed by atoms with Crippen molar-refractivity contribution in [2.45, 2.75) is 6.92 Å². The minimum atomic E-state index is -0.785. The first-order valence-electron chi connectivity index (χ1n) is 8.28. The molecule has 0 aliphatic carbocycles. The number of carbonyl (C=O) groups excluding carboxylic acids is 1. The van der Waals surface area contributed by atoms with E-state index in [-0.39, 0.29) is 0 Å². The largest absolute Gasteiger partial charge is 0.616 e. The minimum Gasteiger partial charge on any atom is -0.616 e. The Labute approximate surface area is 144 Å². The first-order chi connectivity index (χ1) is 11.7. The fourth-order valence-corrected chi connectivity index (χ4v) is 3.88. The van der Waals surface area contributed by atoms with Crippen molar-refractivity contribution in [1.29, 1.82) is 0 Å². The highest BCUT2D eigenvalue weighted by molar-refractivity contribution is 7.91. The van der Waals surface area contributed by atoms with Crippen LogP contribution in [0.5, 0.6) is 0 Å². The Morgan fingerprint density at radius 1 is 1.29 bits per heavy atom. The van der Waals surface area contributed by atoms with Gasteiger partial charge < -0.3 is 24.4 Å². The zero-order chi connectivity index (χ0) is 16.9. The van der Waals surface area contributed by atoms with E-state index in [1.54, 1.807) is 13.1 Å². The van der Waals surface area contributed by atoms with Gasteiger partial charge in [0.2, 0.25) is 5.95 Å². The fourth-order valence-electron chi connectivity index (χ4n) is 2.82. The number of ether oxygens (including phenoxy) is 1. The van der Waals surface area contributed by atoms with Gasteiger partial charge in [-0.25, -0.2) is 9.78 Å². The van der Waals surface area contributed by atoms with Gasteiger partial charge in [-0.2, -0.15) is 4.98 Å². The monoisotopic (exact) mass is 353 g/mol. The molecule has 0 bridgehead atoms. The van der Waals surface area contributed by atoms with Crippen LogP contribution < -0.4 is 15.1 Å². The average Bonchev–Trinajstić information content (AvgIpc) is 2.63. The molecule has 24 heavy (non-hydrogen) atoms. The van der Waals surface area contributed by atoms with Crippen LogP contribution >= 0.6 is 0 Å². The molecule has 0 radical (unpaired) electrons. The van der Waals surface area contributed by atoms with Gasteiger partial charge in [-0.1, -0.05) is 11.2 Å². The molecule has 0 spiro atoms. The van der Waals surface area contributed by atoms with Gasteiger partial charge in [0.1, 0.15) is 22.9 Å². The van der Waals surface area contributed by atoms with E-state index in [1.165, 1.54) is 0 Å². The first-order valence-corrected chi connectivity index (χ1v) is 9.77. The Bertz CT molecular complexity index is 574. The third-order valence-corrected chi connectivity index (χ3v) is 5.40. The van der Waals surface area contributed by atoms with Crippen LogP contribution in [0.2, 0.25) is 0 Å². The summed E-state index contributed by atoms with van der Waals surface area (Å²) < 4.78 is 16.8. The highest BCUT2D eigenvalue weighted by Gasteiger charge is 2.27. The molecule has 0 saturated carbocycles. The number of nitrogens with zero attached hydrogens (tertiary/aromatic N) is 4. The number of carbonyl (C=O) groups is 1. The zero-order valence-corrected chi connectivity index (χ0v) is 14.7. The summed E-state index contributed by atoms with van der Waals surface area (Å²) in [6.45, 7) is 6.78. The quantitative estimate of drug-likeness (QED) is 0.579. The van der Waals surface area contributed by atoms with Crippen molar-refractivity contribution in [2.24, 2.45) is 0 Å². The van der Waals surface area contributed by atoms with Gasteiger partial charge in [0.05, 0.1) is 19.7 Å². The van der Waals surface area contributed by atoms with Crippen LogP contribution in [0.25, 0.3) is 0 Å². The van der Waals surface area contributed by atoms with Crippen molar-refractivity contribution in [1.82, 2.24) is 15.3 Å². The molecule has 2 saturated heterocycles. The number of aromatic nitrogens is 2. The number of hydrogen-bond acceptors (Lipinski definition) is 8. The summed E-state index contributed by atoms with van der Waals surface area (Å²) >= 11 is -0.785. The number of anilines is 2. The number of hydrogen-bond donors (Lipinski definition) is 1. The van der Waals surface area contributed by atoms with E-state index in [4.69, 9.17) is 4.74 Å². The zero-order valence-electron chi connectivity index (χ0n) is 13.9. The van der Waals surface area contributed by atoms with Crippen LogP contribution in [-0.2, 0) is 15.9 Å². The maximum absolute atomic E-state index is 12.2. The standard InChI is InChI=1S/C15H23N5O3S/c1-2-23-14(21)12-11-17-15(20-5-3-16-4-6-20)18-13(12)19-7-9-24(22)10-8-19/h11,16H,2-10H2,1H3. The Morgan fingerprint density at radius 3 is 2.67 bits per heavy atom. The predicted octanol–water partition coefficient (Wildman–Crippen LogP) is -0.368. The van der Waals surface area contributed by atoms with Gasteiger partial charge in [-0.05, 0) is 6.92 Å². The van der Waals surface area contributed by atoms with Gasteiger partial charge in [0, 0.05) is 32.4 Å². The van der Waals surface area contributed by atoms with Crippen LogP contribution in [0.3, 0.4) is 0 Å². The second kappa shape index (κ2) is 8.00. The molecule has 2 fully saturated rings. The predicted molar refractivity (Wildman–Crippen MR) is 93.2 cm³/mol. The van der Waals surface area contributed by atoms with E-state index in [0.29, 0.717) is 48.5 Å². The second-order valence-electron chi connectivity index (χ2n) is 5.70. The van der Waals surface area contributed by atoms with E-state index in [1.807, 2.05) is 4.90 Å². The maximum Gasteiger partial charge on any atom is 0.343 e. The molecule has 1 aromatic rings. The summed E-state index contributed by atoms with van der Waals surface area (Å²) in [7, 11) is 0. The summed E-state index contributed by atoms with van der Waals surface area (Å²) in [5, 5.41) is 3.30. The molecule has 3 heterocycles. The number of rotatable bonds is 4. The van der Waals surface area contributed by atoms with Crippen LogP contribution in [0, 0.1) is 0 Å². The molecule has 0 aromatic carbocycles. The lowest BCUT2D eigenvalue weighted by Crippen LogP contribution is -2.45. The summed E-state index contributed by atoms with van der Waals surface area (Å²) in [5.41, 5.74) is 0.378. The number of piperazine rings is 1.